The van der Waals surface area contributed by atoms with Gasteiger partial charge in [0.1, 0.15) is 11.5 Å². The zero-order chi connectivity index (χ0) is 22.1. The van der Waals surface area contributed by atoms with E-state index in [0.29, 0.717) is 24.3 Å². The summed E-state index contributed by atoms with van der Waals surface area (Å²) in [5.74, 6) is 0.740. The second kappa shape index (κ2) is 8.63. The molecule has 0 spiro atoms. The average molecular weight is 432 g/mol. The van der Waals surface area contributed by atoms with Gasteiger partial charge in [-0.2, -0.15) is 13.2 Å². The van der Waals surface area contributed by atoms with Crippen LogP contribution in [0.5, 0.6) is 0 Å². The van der Waals surface area contributed by atoms with Crippen molar-refractivity contribution in [1.82, 2.24) is 14.5 Å². The van der Waals surface area contributed by atoms with Crippen molar-refractivity contribution in [1.29, 1.82) is 0 Å². The highest BCUT2D eigenvalue weighted by Crippen LogP contribution is 2.35. The maximum atomic E-state index is 13.0. The van der Waals surface area contributed by atoms with E-state index in [1.54, 1.807) is 22.9 Å². The lowest BCUT2D eigenvalue weighted by Gasteiger charge is -2.39. The van der Waals surface area contributed by atoms with Crippen LogP contribution in [0.4, 0.5) is 13.2 Å². The molecule has 1 atom stereocenters. The summed E-state index contributed by atoms with van der Waals surface area (Å²) in [5.41, 5.74) is -0.0684. The summed E-state index contributed by atoms with van der Waals surface area (Å²) in [4.78, 5) is 6.15. The van der Waals surface area contributed by atoms with Crippen LogP contribution < -0.4 is 0 Å². The van der Waals surface area contributed by atoms with Gasteiger partial charge in [0.15, 0.2) is 0 Å². The first-order valence-corrected chi connectivity index (χ1v) is 10.8. The first kappa shape index (κ1) is 21.8. The largest absolute Gasteiger partial charge is 0.433 e. The standard InChI is InChI=1S/C24H28F3N3O/c1-18(19-6-3-2-4-7-19)9-13-29-14-10-23(31,11-15-29)17-30-12-5-8-20-16-21(24(25,26)27)28-22(20)30/h2-8,12,16,18,31H,9-11,13-15,17H2,1H3/t18-/m1/s1. The van der Waals surface area contributed by atoms with E-state index in [4.69, 9.17) is 0 Å². The van der Waals surface area contributed by atoms with Crippen molar-refractivity contribution in [3.8, 4) is 11.4 Å². The van der Waals surface area contributed by atoms with Crippen molar-refractivity contribution in [2.24, 2.45) is 0 Å². The normalized spacial score (nSPS) is 18.4. The lowest BCUT2D eigenvalue weighted by atomic mass is 9.90. The molecule has 0 aromatic heterocycles. The monoisotopic (exact) mass is 431 g/mol. The molecule has 0 bridgehead atoms. The minimum absolute atomic E-state index is 0.243. The van der Waals surface area contributed by atoms with E-state index >= 15 is 0 Å². The number of aliphatic hydroxyl groups is 1. The lowest BCUT2D eigenvalue weighted by Crippen LogP contribution is -2.47. The van der Waals surface area contributed by atoms with Crippen LogP contribution in [0.15, 0.2) is 54.7 Å². The summed E-state index contributed by atoms with van der Waals surface area (Å²) in [7, 11) is 0. The Hall–Kier alpha value is -2.38. The SMILES string of the molecule is C[C@H](CCN1CCC(O)(Cn2cccc3cc(C(F)(F)F)nc2-3)CC1)c1ccccc1. The van der Waals surface area contributed by atoms with E-state index in [9.17, 15) is 18.3 Å². The van der Waals surface area contributed by atoms with Gasteiger partial charge in [-0.15, -0.1) is 0 Å². The van der Waals surface area contributed by atoms with Gasteiger partial charge in [0.05, 0.1) is 12.1 Å². The van der Waals surface area contributed by atoms with Crippen molar-refractivity contribution < 1.29 is 18.3 Å². The number of nitrogens with zero attached hydrogens (tertiary/aromatic N) is 3. The Morgan fingerprint density at radius 1 is 1.10 bits per heavy atom. The molecule has 1 N–H and O–H groups in total. The Morgan fingerprint density at radius 3 is 2.48 bits per heavy atom. The van der Waals surface area contributed by atoms with Gasteiger partial charge in [0, 0.05) is 24.8 Å². The smallest absolute Gasteiger partial charge is 0.388 e. The highest BCUT2D eigenvalue weighted by atomic mass is 19.4. The van der Waals surface area contributed by atoms with Crippen LogP contribution in [0.3, 0.4) is 0 Å². The third kappa shape index (κ3) is 5.10. The van der Waals surface area contributed by atoms with Gasteiger partial charge >= 0.3 is 6.18 Å². The molecule has 1 aromatic carbocycles. The molecule has 0 amide bonds. The maximum absolute atomic E-state index is 13.0. The molecule has 0 unspecified atom stereocenters. The quantitative estimate of drug-likeness (QED) is 0.595. The Kier molecular flexibility index (Phi) is 6.08. The van der Waals surface area contributed by atoms with E-state index in [-0.39, 0.29) is 12.4 Å². The molecule has 4 nitrogen and oxygen atoms in total. The van der Waals surface area contributed by atoms with Gasteiger partial charge in [-0.05, 0) is 55.5 Å². The van der Waals surface area contributed by atoms with Crippen molar-refractivity contribution in [3.63, 3.8) is 0 Å². The van der Waals surface area contributed by atoms with E-state index in [2.05, 4.69) is 41.1 Å². The highest BCUT2D eigenvalue weighted by Gasteiger charge is 2.37. The van der Waals surface area contributed by atoms with Crippen LogP contribution in [0, 0.1) is 0 Å². The number of piperidine rings is 1. The van der Waals surface area contributed by atoms with Crippen LogP contribution >= 0.6 is 0 Å². The first-order valence-electron chi connectivity index (χ1n) is 10.8. The van der Waals surface area contributed by atoms with Crippen LogP contribution in [-0.2, 0) is 12.7 Å². The fourth-order valence-electron chi connectivity index (χ4n) is 4.36. The summed E-state index contributed by atoms with van der Waals surface area (Å²) in [5, 5.41) is 11.1. The second-order valence-corrected chi connectivity index (χ2v) is 8.72. The van der Waals surface area contributed by atoms with Gasteiger partial charge in [-0.25, -0.2) is 4.98 Å². The van der Waals surface area contributed by atoms with Crippen molar-refractivity contribution in [3.05, 3.63) is 66.0 Å². The fraction of sp³-hybridized carbons (Fsp3) is 0.458. The summed E-state index contributed by atoms with van der Waals surface area (Å²) < 4.78 is 40.8. The third-order valence-electron chi connectivity index (χ3n) is 6.38. The Bertz CT molecular complexity index is 962. The van der Waals surface area contributed by atoms with Gasteiger partial charge in [-0.3, -0.25) is 0 Å². The second-order valence-electron chi connectivity index (χ2n) is 8.72. The molecule has 1 aromatic rings. The number of hydrogen-bond acceptors (Lipinski definition) is 3. The summed E-state index contributed by atoms with van der Waals surface area (Å²) in [6.45, 7) is 4.99. The number of pyridine rings is 1. The van der Waals surface area contributed by atoms with Gasteiger partial charge < -0.3 is 14.6 Å². The Morgan fingerprint density at radius 2 is 1.81 bits per heavy atom. The van der Waals surface area contributed by atoms with Gasteiger partial charge in [0.2, 0.25) is 0 Å². The maximum Gasteiger partial charge on any atom is 0.433 e. The number of likely N-dealkylation sites (tertiary alicyclic amines) is 1. The molecule has 1 saturated heterocycles. The van der Waals surface area contributed by atoms with E-state index in [1.165, 1.54) is 5.56 Å². The number of rotatable bonds is 6. The van der Waals surface area contributed by atoms with Crippen LogP contribution in [-0.4, -0.2) is 44.8 Å². The molecule has 3 aliphatic rings. The summed E-state index contributed by atoms with van der Waals surface area (Å²) in [6.07, 6.45) is -0.558. The number of hydrogen-bond donors (Lipinski definition) is 1. The number of fused-ring (bicyclic) bond motifs is 1. The molecule has 3 aliphatic heterocycles. The molecule has 3 heterocycles. The van der Waals surface area contributed by atoms with E-state index in [1.807, 2.05) is 6.07 Å². The molecule has 4 rings (SSSR count). The summed E-state index contributed by atoms with van der Waals surface area (Å²) >= 11 is 0. The fourth-order valence-corrected chi connectivity index (χ4v) is 4.36. The molecule has 0 saturated carbocycles. The van der Waals surface area contributed by atoms with Gasteiger partial charge in [-0.1, -0.05) is 37.3 Å². The average Bonchev–Trinajstić information content (AvgIpc) is 3.20. The zero-order valence-corrected chi connectivity index (χ0v) is 17.6. The number of benzene rings is 1. The molecule has 0 radical (unpaired) electrons. The molecule has 166 valence electrons. The van der Waals surface area contributed by atoms with Crippen LogP contribution in [0.2, 0.25) is 0 Å². The summed E-state index contributed by atoms with van der Waals surface area (Å²) in [6, 6.07) is 14.8. The predicted molar refractivity (Wildman–Crippen MR) is 114 cm³/mol. The topological polar surface area (TPSA) is 41.3 Å². The van der Waals surface area contributed by atoms with Crippen LogP contribution in [0.1, 0.15) is 43.4 Å². The molecule has 7 heteroatoms. The molecule has 0 aliphatic carbocycles. The molecule has 31 heavy (non-hydrogen) atoms. The third-order valence-corrected chi connectivity index (χ3v) is 6.38. The molecular formula is C24H28F3N3O. The van der Waals surface area contributed by atoms with Crippen molar-refractivity contribution in [2.75, 3.05) is 19.6 Å². The first-order chi connectivity index (χ1) is 14.7. The number of halogens is 3. The van der Waals surface area contributed by atoms with Crippen molar-refractivity contribution in [2.45, 2.75) is 50.4 Å². The molecular weight excluding hydrogens is 403 g/mol. The minimum Gasteiger partial charge on any atom is -0.388 e. The number of alkyl halides is 3. The zero-order valence-electron chi connectivity index (χ0n) is 17.6. The van der Waals surface area contributed by atoms with E-state index < -0.39 is 17.5 Å². The predicted octanol–water partition coefficient (Wildman–Crippen LogP) is 5.03. The number of aromatic nitrogens is 2. The van der Waals surface area contributed by atoms with Crippen LogP contribution in [0.25, 0.3) is 11.4 Å². The molecule has 1 fully saturated rings. The Balaban J connectivity index is 1.35. The van der Waals surface area contributed by atoms with E-state index in [0.717, 1.165) is 32.1 Å². The van der Waals surface area contributed by atoms with Crippen molar-refractivity contribution >= 4 is 0 Å². The lowest BCUT2D eigenvalue weighted by molar-refractivity contribution is -0.140. The Labute approximate surface area is 180 Å². The highest BCUT2D eigenvalue weighted by molar-refractivity contribution is 5.59. The minimum atomic E-state index is -4.48. The van der Waals surface area contributed by atoms with Gasteiger partial charge in [0.25, 0.3) is 0 Å².